The van der Waals surface area contributed by atoms with E-state index in [0.717, 1.165) is 17.7 Å². The van der Waals surface area contributed by atoms with E-state index in [9.17, 15) is 9.18 Å². The first-order valence-electron chi connectivity index (χ1n) is 8.47. The minimum absolute atomic E-state index is 0.255. The van der Waals surface area contributed by atoms with Gasteiger partial charge in [-0.25, -0.2) is 4.39 Å². The highest BCUT2D eigenvalue weighted by Crippen LogP contribution is 2.20. The molecule has 4 heteroatoms. The molecular weight excluding hydrogens is 329 g/mol. The fraction of sp³-hybridized carbons (Fsp3) is 0.136. The Morgan fingerprint density at radius 1 is 0.962 bits per heavy atom. The molecule has 0 aromatic heterocycles. The van der Waals surface area contributed by atoms with Gasteiger partial charge in [0.2, 0.25) is 0 Å². The van der Waals surface area contributed by atoms with Crippen molar-refractivity contribution in [2.24, 2.45) is 0 Å². The minimum Gasteiger partial charge on any atom is -0.481 e. The average Bonchev–Trinajstić information content (AvgIpc) is 2.66. The van der Waals surface area contributed by atoms with Gasteiger partial charge < -0.3 is 10.1 Å². The average molecular weight is 349 g/mol. The Balaban J connectivity index is 1.68. The molecule has 0 aliphatic heterocycles. The van der Waals surface area contributed by atoms with Crippen LogP contribution in [0.5, 0.6) is 5.75 Å². The van der Waals surface area contributed by atoms with E-state index in [-0.39, 0.29) is 11.7 Å². The monoisotopic (exact) mass is 349 g/mol. The largest absolute Gasteiger partial charge is 0.481 e. The summed E-state index contributed by atoms with van der Waals surface area (Å²) < 4.78 is 18.5. The van der Waals surface area contributed by atoms with Gasteiger partial charge in [0.1, 0.15) is 11.6 Å². The molecule has 3 nitrogen and oxygen atoms in total. The molecule has 0 heterocycles. The fourth-order valence-electron chi connectivity index (χ4n) is 2.62. The Hall–Kier alpha value is -3.14. The van der Waals surface area contributed by atoms with E-state index in [4.69, 9.17) is 4.74 Å². The number of nitrogens with one attached hydrogen (secondary N) is 1. The third-order valence-corrected chi connectivity index (χ3v) is 4.01. The maximum Gasteiger partial charge on any atom is 0.265 e. The predicted octanol–water partition coefficient (Wildman–Crippen LogP) is 4.82. The van der Waals surface area contributed by atoms with Crippen molar-refractivity contribution >= 4 is 11.6 Å². The quantitative estimate of drug-likeness (QED) is 0.693. The number of carbonyl (C=O) groups is 1. The van der Waals surface area contributed by atoms with E-state index >= 15 is 0 Å². The molecule has 0 saturated heterocycles. The zero-order valence-corrected chi connectivity index (χ0v) is 14.5. The molecule has 3 aromatic rings. The molecule has 0 bridgehead atoms. The fourth-order valence-corrected chi connectivity index (χ4v) is 2.62. The maximum absolute atomic E-state index is 13.0. The summed E-state index contributed by atoms with van der Waals surface area (Å²) in [5.74, 6) is -0.147. The molecule has 0 aliphatic carbocycles. The van der Waals surface area contributed by atoms with Crippen molar-refractivity contribution in [2.45, 2.75) is 19.4 Å². The van der Waals surface area contributed by atoms with E-state index in [1.54, 1.807) is 6.92 Å². The van der Waals surface area contributed by atoms with Gasteiger partial charge in [-0.05, 0) is 54.8 Å². The molecule has 0 spiro atoms. The number of benzene rings is 3. The highest BCUT2D eigenvalue weighted by Gasteiger charge is 2.16. The van der Waals surface area contributed by atoms with Crippen LogP contribution in [0.1, 0.15) is 18.1 Å². The molecule has 132 valence electrons. The lowest BCUT2D eigenvalue weighted by Gasteiger charge is -2.16. The van der Waals surface area contributed by atoms with Crippen LogP contribution in [0.25, 0.3) is 0 Å². The maximum atomic E-state index is 13.0. The van der Waals surface area contributed by atoms with Crippen LogP contribution in [0.2, 0.25) is 0 Å². The van der Waals surface area contributed by atoms with Crippen molar-refractivity contribution in [1.29, 1.82) is 0 Å². The SMILES string of the molecule is C[C@H](Oc1ccc(F)cc1)C(=O)Nc1ccccc1Cc1ccccc1. The standard InChI is InChI=1S/C22H20FNO2/c1-16(26-20-13-11-19(23)12-14-20)22(25)24-21-10-6-5-9-18(21)15-17-7-3-2-4-8-17/h2-14,16H,15H2,1H3,(H,24,25)/t16-/m0/s1. The van der Waals surface area contributed by atoms with Gasteiger partial charge in [0, 0.05) is 5.69 Å². The summed E-state index contributed by atoms with van der Waals surface area (Å²) in [6.45, 7) is 1.67. The highest BCUT2D eigenvalue weighted by molar-refractivity contribution is 5.94. The van der Waals surface area contributed by atoms with Crippen molar-refractivity contribution < 1.29 is 13.9 Å². The van der Waals surface area contributed by atoms with E-state index in [0.29, 0.717) is 5.75 Å². The second kappa shape index (κ2) is 8.30. The minimum atomic E-state index is -0.703. The summed E-state index contributed by atoms with van der Waals surface area (Å²) in [5.41, 5.74) is 2.96. The van der Waals surface area contributed by atoms with Gasteiger partial charge in [-0.1, -0.05) is 48.5 Å². The van der Waals surface area contributed by atoms with E-state index in [1.165, 1.54) is 29.8 Å². The van der Waals surface area contributed by atoms with E-state index in [2.05, 4.69) is 17.4 Å². The van der Waals surface area contributed by atoms with Crippen LogP contribution in [0.3, 0.4) is 0 Å². The van der Waals surface area contributed by atoms with Gasteiger partial charge in [-0.15, -0.1) is 0 Å². The Labute approximate surface area is 152 Å². The first-order valence-corrected chi connectivity index (χ1v) is 8.47. The van der Waals surface area contributed by atoms with Crippen LogP contribution in [-0.4, -0.2) is 12.0 Å². The third kappa shape index (κ3) is 4.70. The first-order chi connectivity index (χ1) is 12.6. The molecule has 0 saturated carbocycles. The number of amides is 1. The summed E-state index contributed by atoms with van der Waals surface area (Å²) in [6.07, 6.45) is 0.0232. The Kier molecular flexibility index (Phi) is 5.64. The molecule has 1 amide bonds. The number of hydrogen-bond donors (Lipinski definition) is 1. The van der Waals surface area contributed by atoms with E-state index < -0.39 is 6.10 Å². The number of halogens is 1. The molecule has 0 unspecified atom stereocenters. The Bertz CT molecular complexity index is 863. The number of carbonyl (C=O) groups excluding carboxylic acids is 1. The summed E-state index contributed by atoms with van der Waals surface area (Å²) in [7, 11) is 0. The zero-order chi connectivity index (χ0) is 18.4. The second-order valence-corrected chi connectivity index (χ2v) is 6.02. The Morgan fingerprint density at radius 2 is 1.62 bits per heavy atom. The first kappa shape index (κ1) is 17.7. The lowest BCUT2D eigenvalue weighted by atomic mass is 10.0. The van der Waals surface area contributed by atoms with Crippen LogP contribution in [0.4, 0.5) is 10.1 Å². The number of rotatable bonds is 6. The number of anilines is 1. The van der Waals surface area contributed by atoms with Gasteiger partial charge >= 0.3 is 0 Å². The summed E-state index contributed by atoms with van der Waals surface area (Å²) >= 11 is 0. The summed E-state index contributed by atoms with van der Waals surface area (Å²) in [5, 5.41) is 2.92. The van der Waals surface area contributed by atoms with Crippen molar-refractivity contribution in [3.05, 3.63) is 95.8 Å². The summed E-state index contributed by atoms with van der Waals surface area (Å²) in [4.78, 5) is 12.5. The topological polar surface area (TPSA) is 38.3 Å². The van der Waals surface area contributed by atoms with Gasteiger partial charge in [0.15, 0.2) is 6.10 Å². The molecule has 0 aliphatic rings. The van der Waals surface area contributed by atoms with Gasteiger partial charge in [0.25, 0.3) is 5.91 Å². The van der Waals surface area contributed by atoms with Crippen molar-refractivity contribution in [1.82, 2.24) is 0 Å². The van der Waals surface area contributed by atoms with Crippen molar-refractivity contribution in [2.75, 3.05) is 5.32 Å². The molecule has 1 N–H and O–H groups in total. The normalized spacial score (nSPS) is 11.6. The predicted molar refractivity (Wildman–Crippen MR) is 101 cm³/mol. The highest BCUT2D eigenvalue weighted by atomic mass is 19.1. The summed E-state index contributed by atoms with van der Waals surface area (Å²) in [6, 6.07) is 23.4. The number of ether oxygens (including phenoxy) is 1. The Morgan fingerprint density at radius 3 is 2.35 bits per heavy atom. The van der Waals surface area contributed by atoms with Crippen LogP contribution in [0, 0.1) is 5.82 Å². The molecule has 1 atom stereocenters. The van der Waals surface area contributed by atoms with Gasteiger partial charge in [-0.2, -0.15) is 0 Å². The van der Waals surface area contributed by atoms with Crippen LogP contribution in [-0.2, 0) is 11.2 Å². The lowest BCUT2D eigenvalue weighted by Crippen LogP contribution is -2.30. The number of hydrogen-bond acceptors (Lipinski definition) is 2. The molecule has 26 heavy (non-hydrogen) atoms. The van der Waals surface area contributed by atoms with Crippen LogP contribution >= 0.6 is 0 Å². The van der Waals surface area contributed by atoms with Crippen molar-refractivity contribution in [3.8, 4) is 5.75 Å². The van der Waals surface area contributed by atoms with E-state index in [1.807, 2.05) is 42.5 Å². The van der Waals surface area contributed by atoms with Gasteiger partial charge in [0.05, 0.1) is 0 Å². The lowest BCUT2D eigenvalue weighted by molar-refractivity contribution is -0.122. The smallest absolute Gasteiger partial charge is 0.265 e. The number of para-hydroxylation sites is 1. The molecule has 0 fully saturated rings. The van der Waals surface area contributed by atoms with Crippen LogP contribution < -0.4 is 10.1 Å². The molecule has 3 rings (SSSR count). The van der Waals surface area contributed by atoms with Gasteiger partial charge in [-0.3, -0.25) is 4.79 Å². The second-order valence-electron chi connectivity index (χ2n) is 6.02. The molecule has 0 radical (unpaired) electrons. The third-order valence-electron chi connectivity index (χ3n) is 4.01. The van der Waals surface area contributed by atoms with Crippen molar-refractivity contribution in [3.63, 3.8) is 0 Å². The zero-order valence-electron chi connectivity index (χ0n) is 14.5. The molecule has 3 aromatic carbocycles. The van der Waals surface area contributed by atoms with Crippen LogP contribution in [0.15, 0.2) is 78.9 Å². The molecular formula is C22H20FNO2.